The zero-order valence-corrected chi connectivity index (χ0v) is 10.3. The van der Waals surface area contributed by atoms with E-state index in [0.29, 0.717) is 17.2 Å². The predicted octanol–water partition coefficient (Wildman–Crippen LogP) is 2.69. The van der Waals surface area contributed by atoms with E-state index < -0.39 is 0 Å². The number of hydrogen-bond acceptors (Lipinski definition) is 4. The quantitative estimate of drug-likeness (QED) is 0.645. The summed E-state index contributed by atoms with van der Waals surface area (Å²) in [6.07, 6.45) is 0. The number of hydrazine groups is 1. The van der Waals surface area contributed by atoms with Gasteiger partial charge in [0.1, 0.15) is 11.6 Å². The summed E-state index contributed by atoms with van der Waals surface area (Å²) in [5.41, 5.74) is 3.99. The van der Waals surface area contributed by atoms with Crippen LogP contribution in [0.4, 0.5) is 10.2 Å². The standard InChI is InChI=1S/C13H15FN4/c1-8(2)11-7-12(18-15)17-13(16-11)9-4-3-5-10(14)6-9/h3-8H,15H2,1-2H3,(H,16,17,18). The molecule has 1 aromatic carbocycles. The van der Waals surface area contributed by atoms with Gasteiger partial charge in [0.05, 0.1) is 0 Å². The summed E-state index contributed by atoms with van der Waals surface area (Å²) in [6, 6.07) is 7.97. The second-order valence-electron chi connectivity index (χ2n) is 4.31. The number of nitrogens with one attached hydrogen (secondary N) is 1. The van der Waals surface area contributed by atoms with E-state index in [1.807, 2.05) is 13.8 Å². The first-order valence-electron chi connectivity index (χ1n) is 5.71. The highest BCUT2D eigenvalue weighted by molar-refractivity contribution is 5.57. The topological polar surface area (TPSA) is 63.8 Å². The van der Waals surface area contributed by atoms with Crippen molar-refractivity contribution >= 4 is 5.82 Å². The van der Waals surface area contributed by atoms with Gasteiger partial charge in [-0.15, -0.1) is 0 Å². The van der Waals surface area contributed by atoms with E-state index in [9.17, 15) is 4.39 Å². The van der Waals surface area contributed by atoms with Crippen LogP contribution in [0, 0.1) is 5.82 Å². The van der Waals surface area contributed by atoms with Crippen molar-refractivity contribution in [1.29, 1.82) is 0 Å². The SMILES string of the molecule is CC(C)c1cc(NN)nc(-c2cccc(F)c2)n1. The monoisotopic (exact) mass is 246 g/mol. The third kappa shape index (κ3) is 2.62. The smallest absolute Gasteiger partial charge is 0.161 e. The molecule has 0 atom stereocenters. The summed E-state index contributed by atoms with van der Waals surface area (Å²) in [5, 5.41) is 0. The summed E-state index contributed by atoms with van der Waals surface area (Å²) in [4.78, 5) is 8.65. The Kier molecular flexibility index (Phi) is 3.53. The van der Waals surface area contributed by atoms with Gasteiger partial charge in [-0.3, -0.25) is 0 Å². The molecule has 0 aliphatic heterocycles. The molecule has 2 rings (SSSR count). The van der Waals surface area contributed by atoms with E-state index in [1.165, 1.54) is 12.1 Å². The Morgan fingerprint density at radius 3 is 2.61 bits per heavy atom. The fraction of sp³-hybridized carbons (Fsp3) is 0.231. The lowest BCUT2D eigenvalue weighted by molar-refractivity contribution is 0.628. The van der Waals surface area contributed by atoms with Crippen LogP contribution in [0.2, 0.25) is 0 Å². The summed E-state index contributed by atoms with van der Waals surface area (Å²) in [5.74, 6) is 6.30. The molecule has 1 aromatic heterocycles. The molecule has 18 heavy (non-hydrogen) atoms. The Morgan fingerprint density at radius 1 is 1.22 bits per heavy atom. The third-order valence-corrected chi connectivity index (χ3v) is 2.57. The van der Waals surface area contributed by atoms with Gasteiger partial charge in [-0.25, -0.2) is 20.2 Å². The van der Waals surface area contributed by atoms with Crippen molar-refractivity contribution in [3.8, 4) is 11.4 Å². The molecule has 4 nitrogen and oxygen atoms in total. The van der Waals surface area contributed by atoms with Crippen LogP contribution >= 0.6 is 0 Å². The van der Waals surface area contributed by atoms with Gasteiger partial charge < -0.3 is 5.43 Å². The Labute approximate surface area is 105 Å². The second kappa shape index (κ2) is 5.10. The molecule has 0 saturated heterocycles. The van der Waals surface area contributed by atoms with Gasteiger partial charge in [-0.1, -0.05) is 26.0 Å². The van der Waals surface area contributed by atoms with E-state index in [2.05, 4.69) is 15.4 Å². The van der Waals surface area contributed by atoms with Gasteiger partial charge in [0, 0.05) is 17.3 Å². The number of halogens is 1. The number of rotatable bonds is 3. The minimum absolute atomic E-state index is 0.243. The van der Waals surface area contributed by atoms with E-state index >= 15 is 0 Å². The molecule has 94 valence electrons. The molecular formula is C13H15FN4. The fourth-order valence-electron chi connectivity index (χ4n) is 1.59. The first kappa shape index (κ1) is 12.4. The number of aromatic nitrogens is 2. The van der Waals surface area contributed by atoms with Crippen LogP contribution in [0.25, 0.3) is 11.4 Å². The molecule has 0 bridgehead atoms. The van der Waals surface area contributed by atoms with Crippen molar-refractivity contribution in [2.24, 2.45) is 5.84 Å². The largest absolute Gasteiger partial charge is 0.308 e. The highest BCUT2D eigenvalue weighted by Crippen LogP contribution is 2.21. The molecule has 5 heteroatoms. The van der Waals surface area contributed by atoms with Crippen LogP contribution in [-0.2, 0) is 0 Å². The lowest BCUT2D eigenvalue weighted by atomic mass is 10.1. The Hall–Kier alpha value is -2.01. The molecule has 0 aliphatic rings. The van der Waals surface area contributed by atoms with Crippen LogP contribution in [0.15, 0.2) is 30.3 Å². The van der Waals surface area contributed by atoms with Crippen molar-refractivity contribution in [3.05, 3.63) is 41.8 Å². The van der Waals surface area contributed by atoms with Crippen LogP contribution in [-0.4, -0.2) is 9.97 Å². The zero-order valence-electron chi connectivity index (χ0n) is 10.3. The first-order valence-corrected chi connectivity index (χ1v) is 5.71. The molecule has 2 aromatic rings. The Morgan fingerprint density at radius 2 is 2.00 bits per heavy atom. The summed E-state index contributed by atoms with van der Waals surface area (Å²) >= 11 is 0. The normalized spacial score (nSPS) is 10.7. The fourth-order valence-corrected chi connectivity index (χ4v) is 1.59. The number of benzene rings is 1. The molecule has 0 aliphatic carbocycles. The maximum absolute atomic E-state index is 13.2. The first-order chi connectivity index (χ1) is 8.60. The van der Waals surface area contributed by atoms with Gasteiger partial charge in [0.25, 0.3) is 0 Å². The molecule has 0 saturated carbocycles. The number of anilines is 1. The average Bonchev–Trinajstić information content (AvgIpc) is 2.38. The zero-order chi connectivity index (χ0) is 13.1. The Bertz CT molecular complexity index is 554. The predicted molar refractivity (Wildman–Crippen MR) is 69.3 cm³/mol. The van der Waals surface area contributed by atoms with E-state index in [-0.39, 0.29) is 11.7 Å². The molecular weight excluding hydrogens is 231 g/mol. The highest BCUT2D eigenvalue weighted by Gasteiger charge is 2.09. The third-order valence-electron chi connectivity index (χ3n) is 2.57. The molecule has 0 radical (unpaired) electrons. The van der Waals surface area contributed by atoms with Gasteiger partial charge >= 0.3 is 0 Å². The summed E-state index contributed by atoms with van der Waals surface area (Å²) < 4.78 is 13.2. The van der Waals surface area contributed by atoms with Gasteiger partial charge in [-0.05, 0) is 18.1 Å². The molecule has 0 fully saturated rings. The lowest BCUT2D eigenvalue weighted by Crippen LogP contribution is -2.11. The maximum atomic E-state index is 13.2. The van der Waals surface area contributed by atoms with E-state index in [0.717, 1.165) is 5.69 Å². The molecule has 0 unspecified atom stereocenters. The van der Waals surface area contributed by atoms with Gasteiger partial charge in [-0.2, -0.15) is 0 Å². The molecule has 1 heterocycles. The molecule has 0 spiro atoms. The van der Waals surface area contributed by atoms with E-state index in [4.69, 9.17) is 5.84 Å². The average molecular weight is 246 g/mol. The minimum Gasteiger partial charge on any atom is -0.308 e. The van der Waals surface area contributed by atoms with Crippen LogP contribution in [0.5, 0.6) is 0 Å². The maximum Gasteiger partial charge on any atom is 0.161 e. The van der Waals surface area contributed by atoms with Gasteiger partial charge in [0.2, 0.25) is 0 Å². The van der Waals surface area contributed by atoms with Crippen LogP contribution in [0.1, 0.15) is 25.5 Å². The summed E-state index contributed by atoms with van der Waals surface area (Å²) in [6.45, 7) is 4.05. The highest BCUT2D eigenvalue weighted by atomic mass is 19.1. The molecule has 0 amide bonds. The summed E-state index contributed by atoms with van der Waals surface area (Å²) in [7, 11) is 0. The molecule has 3 N–H and O–H groups in total. The van der Waals surface area contributed by atoms with Gasteiger partial charge in [0.15, 0.2) is 5.82 Å². The number of nitrogens with zero attached hydrogens (tertiary/aromatic N) is 2. The van der Waals surface area contributed by atoms with Crippen molar-refractivity contribution < 1.29 is 4.39 Å². The van der Waals surface area contributed by atoms with Crippen LogP contribution in [0.3, 0.4) is 0 Å². The van der Waals surface area contributed by atoms with Crippen molar-refractivity contribution in [2.45, 2.75) is 19.8 Å². The number of hydrogen-bond donors (Lipinski definition) is 2. The number of nitrogen functional groups attached to an aromatic ring is 1. The van der Waals surface area contributed by atoms with Crippen LogP contribution < -0.4 is 11.3 Å². The van der Waals surface area contributed by atoms with E-state index in [1.54, 1.807) is 18.2 Å². The van der Waals surface area contributed by atoms with Crippen molar-refractivity contribution in [2.75, 3.05) is 5.43 Å². The Balaban J connectivity index is 2.53. The second-order valence-corrected chi connectivity index (χ2v) is 4.31. The lowest BCUT2D eigenvalue weighted by Gasteiger charge is -2.10. The number of nitrogens with two attached hydrogens (primary N) is 1. The van der Waals surface area contributed by atoms with Crippen molar-refractivity contribution in [1.82, 2.24) is 9.97 Å². The van der Waals surface area contributed by atoms with Crippen molar-refractivity contribution in [3.63, 3.8) is 0 Å². The minimum atomic E-state index is -0.312.